The van der Waals surface area contributed by atoms with Gasteiger partial charge in [0.05, 0.1) is 0 Å². The summed E-state index contributed by atoms with van der Waals surface area (Å²) in [4.78, 5) is 25.5. The van der Waals surface area contributed by atoms with Crippen LogP contribution in [0.2, 0.25) is 0 Å². The van der Waals surface area contributed by atoms with Crippen molar-refractivity contribution in [3.05, 3.63) is 35.7 Å². The van der Waals surface area contributed by atoms with Crippen LogP contribution in [0.4, 0.5) is 5.82 Å². The van der Waals surface area contributed by atoms with E-state index in [1.165, 1.54) is 0 Å². The van der Waals surface area contributed by atoms with E-state index < -0.39 is 5.97 Å². The number of carboxylic acid groups (broad SMARTS) is 1. The lowest BCUT2D eigenvalue weighted by atomic mass is 10.2. The molecule has 0 fully saturated rings. The van der Waals surface area contributed by atoms with Gasteiger partial charge in [0.1, 0.15) is 18.1 Å². The summed E-state index contributed by atoms with van der Waals surface area (Å²) in [6.45, 7) is 3.64. The lowest BCUT2D eigenvalue weighted by Gasteiger charge is -2.19. The molecule has 2 heterocycles. The molecule has 6 nitrogen and oxygen atoms in total. The molecular weight excluding hydrogens is 256 g/mol. The van der Waals surface area contributed by atoms with Crippen LogP contribution in [0.5, 0.6) is 0 Å². The van der Waals surface area contributed by atoms with E-state index in [1.54, 1.807) is 18.1 Å². The number of pyridine rings is 1. The first-order valence-corrected chi connectivity index (χ1v) is 6.18. The maximum absolute atomic E-state index is 10.8. The number of rotatable bonds is 4. The minimum absolute atomic E-state index is 0.112. The van der Waals surface area contributed by atoms with Gasteiger partial charge in [-0.2, -0.15) is 0 Å². The maximum Gasteiger partial charge on any atom is 0.323 e. The lowest BCUT2D eigenvalue weighted by molar-refractivity contribution is -0.135. The fraction of sp³-hybridized carbons (Fsp3) is 0.286. The van der Waals surface area contributed by atoms with Gasteiger partial charge >= 0.3 is 5.97 Å². The van der Waals surface area contributed by atoms with Crippen LogP contribution >= 0.6 is 0 Å². The summed E-state index contributed by atoms with van der Waals surface area (Å²) in [7, 11) is 1.70. The van der Waals surface area contributed by atoms with Gasteiger partial charge in [0.25, 0.3) is 0 Å². The minimum atomic E-state index is -0.900. The number of anilines is 1. The Morgan fingerprint density at radius 3 is 2.65 bits per heavy atom. The molecule has 0 spiro atoms. The van der Waals surface area contributed by atoms with E-state index in [0.717, 1.165) is 11.3 Å². The molecule has 0 radical (unpaired) electrons. The largest absolute Gasteiger partial charge is 0.480 e. The van der Waals surface area contributed by atoms with Crippen LogP contribution in [0.15, 0.2) is 24.4 Å². The minimum Gasteiger partial charge on any atom is -0.480 e. The van der Waals surface area contributed by atoms with Crippen LogP contribution in [0.3, 0.4) is 0 Å². The van der Waals surface area contributed by atoms with Crippen molar-refractivity contribution in [2.24, 2.45) is 0 Å². The molecule has 0 amide bonds. The van der Waals surface area contributed by atoms with Gasteiger partial charge in [-0.15, -0.1) is 0 Å². The summed E-state index contributed by atoms with van der Waals surface area (Å²) in [6.07, 6.45) is 1.68. The van der Waals surface area contributed by atoms with Crippen LogP contribution in [0.25, 0.3) is 11.5 Å². The van der Waals surface area contributed by atoms with Crippen molar-refractivity contribution in [2.75, 3.05) is 18.5 Å². The smallest absolute Gasteiger partial charge is 0.323 e. The zero-order valence-corrected chi connectivity index (χ0v) is 11.7. The van der Waals surface area contributed by atoms with E-state index in [1.807, 2.05) is 32.0 Å². The summed E-state index contributed by atoms with van der Waals surface area (Å²) in [6, 6.07) is 5.51. The first kappa shape index (κ1) is 13.9. The van der Waals surface area contributed by atoms with Crippen molar-refractivity contribution in [3.63, 3.8) is 0 Å². The standard InChI is InChI=1S/C14H16N4O2/c1-9-10(2)16-13(11-6-4-5-7-15-11)17-14(9)18(3)8-12(19)20/h4-7H,8H2,1-3H3,(H,19,20). The molecule has 0 aromatic carbocycles. The number of aromatic nitrogens is 3. The Balaban J connectivity index is 2.47. The van der Waals surface area contributed by atoms with Gasteiger partial charge in [-0.1, -0.05) is 6.07 Å². The monoisotopic (exact) mass is 272 g/mol. The molecule has 0 saturated carbocycles. The Bertz CT molecular complexity index is 629. The fourth-order valence-corrected chi connectivity index (χ4v) is 1.87. The molecule has 0 unspecified atom stereocenters. The molecular formula is C14H16N4O2. The summed E-state index contributed by atoms with van der Waals surface area (Å²) < 4.78 is 0. The molecule has 0 aliphatic carbocycles. The molecule has 6 heteroatoms. The highest BCUT2D eigenvalue weighted by atomic mass is 16.4. The number of aryl methyl sites for hydroxylation is 1. The average molecular weight is 272 g/mol. The van der Waals surface area contributed by atoms with E-state index in [9.17, 15) is 4.79 Å². The highest BCUT2D eigenvalue weighted by Crippen LogP contribution is 2.22. The van der Waals surface area contributed by atoms with Crippen molar-refractivity contribution in [2.45, 2.75) is 13.8 Å². The first-order chi connectivity index (χ1) is 9.49. The van der Waals surface area contributed by atoms with E-state index in [-0.39, 0.29) is 6.54 Å². The fourth-order valence-electron chi connectivity index (χ4n) is 1.87. The Kier molecular flexibility index (Phi) is 3.93. The van der Waals surface area contributed by atoms with E-state index >= 15 is 0 Å². The average Bonchev–Trinajstić information content (AvgIpc) is 2.41. The SMILES string of the molecule is Cc1nc(-c2ccccn2)nc(N(C)CC(=O)O)c1C. The Hall–Kier alpha value is -2.50. The molecule has 2 aromatic rings. The van der Waals surface area contributed by atoms with Gasteiger partial charge in [0, 0.05) is 24.5 Å². The number of carboxylic acids is 1. The molecule has 2 aromatic heterocycles. The highest BCUT2D eigenvalue weighted by Gasteiger charge is 2.15. The molecule has 0 atom stereocenters. The van der Waals surface area contributed by atoms with Gasteiger partial charge in [-0.05, 0) is 26.0 Å². The lowest BCUT2D eigenvalue weighted by Crippen LogP contribution is -2.27. The van der Waals surface area contributed by atoms with Crippen LogP contribution in [0, 0.1) is 13.8 Å². The van der Waals surface area contributed by atoms with Crippen molar-refractivity contribution in [1.29, 1.82) is 0 Å². The van der Waals surface area contributed by atoms with Crippen molar-refractivity contribution in [3.8, 4) is 11.5 Å². The molecule has 0 bridgehead atoms. The topological polar surface area (TPSA) is 79.2 Å². The number of hydrogen-bond acceptors (Lipinski definition) is 5. The van der Waals surface area contributed by atoms with Crippen LogP contribution < -0.4 is 4.90 Å². The Morgan fingerprint density at radius 2 is 2.05 bits per heavy atom. The molecule has 0 saturated heterocycles. The second-order valence-corrected chi connectivity index (χ2v) is 4.55. The Labute approximate surface area is 117 Å². The van der Waals surface area contributed by atoms with Gasteiger partial charge in [-0.25, -0.2) is 9.97 Å². The van der Waals surface area contributed by atoms with Crippen LogP contribution in [0.1, 0.15) is 11.3 Å². The predicted molar refractivity (Wildman–Crippen MR) is 75.6 cm³/mol. The number of likely N-dealkylation sites (N-methyl/N-ethyl adjacent to an activating group) is 1. The number of nitrogens with zero attached hydrogens (tertiary/aromatic N) is 4. The summed E-state index contributed by atoms with van der Waals surface area (Å²) in [5, 5.41) is 8.89. The van der Waals surface area contributed by atoms with Gasteiger partial charge in [0.2, 0.25) is 0 Å². The second kappa shape index (κ2) is 5.64. The summed E-state index contributed by atoms with van der Waals surface area (Å²) in [5.74, 6) is 0.212. The third-order valence-electron chi connectivity index (χ3n) is 2.99. The van der Waals surface area contributed by atoms with Gasteiger partial charge < -0.3 is 10.0 Å². The number of aliphatic carboxylic acids is 1. The number of carbonyl (C=O) groups is 1. The summed E-state index contributed by atoms with van der Waals surface area (Å²) >= 11 is 0. The van der Waals surface area contributed by atoms with E-state index in [4.69, 9.17) is 5.11 Å². The van der Waals surface area contributed by atoms with E-state index in [2.05, 4.69) is 15.0 Å². The number of hydrogen-bond donors (Lipinski definition) is 1. The van der Waals surface area contributed by atoms with Gasteiger partial charge in [-0.3, -0.25) is 9.78 Å². The maximum atomic E-state index is 10.8. The summed E-state index contributed by atoms with van der Waals surface area (Å²) in [5.41, 5.74) is 2.35. The van der Waals surface area contributed by atoms with Crippen LogP contribution in [-0.2, 0) is 4.79 Å². The van der Waals surface area contributed by atoms with Gasteiger partial charge in [0.15, 0.2) is 5.82 Å². The molecule has 104 valence electrons. The molecule has 0 aliphatic rings. The second-order valence-electron chi connectivity index (χ2n) is 4.55. The third kappa shape index (κ3) is 2.90. The zero-order valence-electron chi connectivity index (χ0n) is 11.7. The molecule has 1 N–H and O–H groups in total. The van der Waals surface area contributed by atoms with E-state index in [0.29, 0.717) is 17.3 Å². The highest BCUT2D eigenvalue weighted by molar-refractivity contribution is 5.73. The van der Waals surface area contributed by atoms with Crippen molar-refractivity contribution >= 4 is 11.8 Å². The first-order valence-electron chi connectivity index (χ1n) is 6.18. The Morgan fingerprint density at radius 1 is 1.30 bits per heavy atom. The molecule has 0 aliphatic heterocycles. The van der Waals surface area contributed by atoms with Crippen molar-refractivity contribution in [1.82, 2.24) is 15.0 Å². The quantitative estimate of drug-likeness (QED) is 0.912. The third-order valence-corrected chi connectivity index (χ3v) is 2.99. The zero-order chi connectivity index (χ0) is 14.7. The molecule has 20 heavy (non-hydrogen) atoms. The molecule has 2 rings (SSSR count). The van der Waals surface area contributed by atoms with Crippen LogP contribution in [-0.4, -0.2) is 39.6 Å². The predicted octanol–water partition coefficient (Wildman–Crippen LogP) is 1.68. The van der Waals surface area contributed by atoms with Crippen molar-refractivity contribution < 1.29 is 9.90 Å². The normalized spacial score (nSPS) is 10.3.